The molecule has 4 rings (SSSR count). The molecule has 0 bridgehead atoms. The van der Waals surface area contributed by atoms with Gasteiger partial charge in [-0.05, 0) is 18.2 Å². The fourth-order valence-electron chi connectivity index (χ4n) is 2.86. The topological polar surface area (TPSA) is 122 Å². The third kappa shape index (κ3) is 2.58. The van der Waals surface area contributed by atoms with Crippen LogP contribution >= 0.6 is 0 Å². The number of para-hydroxylation sites is 1. The number of hydrogen-bond donors (Lipinski definition) is 4. The molecule has 0 fully saturated rings. The standard InChI is InChI=1S/C17H16N6O2/c1-23-8-10(7-20-23)9-5-12(15(18)19-6-9)16-21-13-4-2-3-11(17(24)25)14(13)22-16/h2-8,15,19H,18H2,1H3,(H,21,22)(H,24,25). The number of aromatic carboxylic acids is 1. The number of carbonyl (C=O) groups is 1. The number of aryl methyl sites for hydroxylation is 1. The molecule has 3 aromatic rings. The lowest BCUT2D eigenvalue weighted by Gasteiger charge is -2.20. The molecule has 1 aliphatic heterocycles. The average molecular weight is 336 g/mol. The molecule has 1 atom stereocenters. The zero-order valence-corrected chi connectivity index (χ0v) is 13.4. The van der Waals surface area contributed by atoms with E-state index in [0.717, 1.165) is 16.7 Å². The molecule has 8 heteroatoms. The van der Waals surface area contributed by atoms with E-state index >= 15 is 0 Å². The fraction of sp³-hybridized carbons (Fsp3) is 0.118. The number of hydrogen-bond acceptors (Lipinski definition) is 5. The van der Waals surface area contributed by atoms with Gasteiger partial charge in [-0.1, -0.05) is 6.07 Å². The number of allylic oxidation sites excluding steroid dienone is 2. The molecular weight excluding hydrogens is 320 g/mol. The second-order valence-electron chi connectivity index (χ2n) is 5.84. The zero-order chi connectivity index (χ0) is 17.6. The minimum Gasteiger partial charge on any atom is -0.478 e. The van der Waals surface area contributed by atoms with Crippen LogP contribution < -0.4 is 11.1 Å². The van der Waals surface area contributed by atoms with Crippen LogP contribution in [0.25, 0.3) is 22.2 Å². The summed E-state index contributed by atoms with van der Waals surface area (Å²) in [5, 5.41) is 16.6. The Morgan fingerprint density at radius 2 is 2.24 bits per heavy atom. The molecule has 5 N–H and O–H groups in total. The zero-order valence-electron chi connectivity index (χ0n) is 13.4. The van der Waals surface area contributed by atoms with E-state index in [9.17, 15) is 9.90 Å². The summed E-state index contributed by atoms with van der Waals surface area (Å²) in [6.07, 6.45) is 6.97. The Hall–Kier alpha value is -3.39. The number of dihydropyridines is 1. The van der Waals surface area contributed by atoms with Crippen LogP contribution in [0.5, 0.6) is 0 Å². The molecule has 8 nitrogen and oxygen atoms in total. The number of nitrogens with zero attached hydrogens (tertiary/aromatic N) is 3. The highest BCUT2D eigenvalue weighted by molar-refractivity contribution is 6.01. The van der Waals surface area contributed by atoms with Gasteiger partial charge >= 0.3 is 5.97 Å². The van der Waals surface area contributed by atoms with Gasteiger partial charge < -0.3 is 21.1 Å². The van der Waals surface area contributed by atoms with Gasteiger partial charge in [0.15, 0.2) is 0 Å². The third-order valence-corrected chi connectivity index (χ3v) is 4.12. The van der Waals surface area contributed by atoms with Crippen LogP contribution in [-0.2, 0) is 7.05 Å². The molecule has 0 amide bonds. The first-order valence-electron chi connectivity index (χ1n) is 7.68. The lowest BCUT2D eigenvalue weighted by Crippen LogP contribution is -2.37. The van der Waals surface area contributed by atoms with Crippen molar-refractivity contribution in [3.8, 4) is 0 Å². The summed E-state index contributed by atoms with van der Waals surface area (Å²) in [6.45, 7) is 0. The molecule has 126 valence electrons. The smallest absolute Gasteiger partial charge is 0.337 e. The summed E-state index contributed by atoms with van der Waals surface area (Å²) in [5.74, 6) is -0.474. The Bertz CT molecular complexity index is 1040. The second kappa shape index (κ2) is 5.60. The predicted octanol–water partition coefficient (Wildman–Crippen LogP) is 1.31. The van der Waals surface area contributed by atoms with Crippen molar-refractivity contribution in [2.45, 2.75) is 6.17 Å². The first-order valence-corrected chi connectivity index (χ1v) is 7.68. The first kappa shape index (κ1) is 15.2. The van der Waals surface area contributed by atoms with E-state index in [-0.39, 0.29) is 5.56 Å². The summed E-state index contributed by atoms with van der Waals surface area (Å²) in [7, 11) is 1.85. The van der Waals surface area contributed by atoms with Crippen molar-refractivity contribution in [2.24, 2.45) is 12.8 Å². The average Bonchev–Trinajstić information content (AvgIpc) is 3.20. The van der Waals surface area contributed by atoms with Gasteiger partial charge in [-0.15, -0.1) is 0 Å². The molecule has 1 aromatic carbocycles. The number of nitrogens with one attached hydrogen (secondary N) is 2. The van der Waals surface area contributed by atoms with E-state index in [1.165, 1.54) is 6.07 Å². The van der Waals surface area contributed by atoms with Gasteiger partial charge in [0.25, 0.3) is 0 Å². The van der Waals surface area contributed by atoms with E-state index in [0.29, 0.717) is 16.9 Å². The van der Waals surface area contributed by atoms with Crippen LogP contribution in [0.4, 0.5) is 0 Å². The van der Waals surface area contributed by atoms with Crippen molar-refractivity contribution >= 4 is 28.1 Å². The second-order valence-corrected chi connectivity index (χ2v) is 5.84. The van der Waals surface area contributed by atoms with Crippen LogP contribution in [0.15, 0.2) is 42.9 Å². The van der Waals surface area contributed by atoms with Crippen molar-refractivity contribution in [3.05, 3.63) is 59.8 Å². The number of fused-ring (bicyclic) bond motifs is 1. The van der Waals surface area contributed by atoms with E-state index < -0.39 is 12.1 Å². The summed E-state index contributed by atoms with van der Waals surface area (Å²) in [6, 6.07) is 5.00. The molecule has 1 aliphatic rings. The highest BCUT2D eigenvalue weighted by atomic mass is 16.4. The summed E-state index contributed by atoms with van der Waals surface area (Å²) < 4.78 is 1.72. The highest BCUT2D eigenvalue weighted by Gasteiger charge is 2.21. The minimum atomic E-state index is -1.01. The van der Waals surface area contributed by atoms with Gasteiger partial charge in [0, 0.05) is 36.2 Å². The molecule has 0 spiro atoms. The van der Waals surface area contributed by atoms with Gasteiger partial charge in [-0.3, -0.25) is 4.68 Å². The molecule has 3 heterocycles. The number of rotatable bonds is 3. The third-order valence-electron chi connectivity index (χ3n) is 4.12. The highest BCUT2D eigenvalue weighted by Crippen LogP contribution is 2.27. The number of carboxylic acid groups (broad SMARTS) is 1. The number of nitrogens with two attached hydrogens (primary N) is 1. The number of H-pyrrole nitrogens is 1. The Morgan fingerprint density at radius 3 is 2.96 bits per heavy atom. The Kier molecular flexibility index (Phi) is 3.40. The molecular formula is C17H16N6O2. The minimum absolute atomic E-state index is 0.154. The number of aromatic amines is 1. The maximum atomic E-state index is 11.4. The van der Waals surface area contributed by atoms with Crippen LogP contribution in [0.3, 0.4) is 0 Å². The van der Waals surface area contributed by atoms with Crippen LogP contribution in [0, 0.1) is 0 Å². The molecule has 0 aliphatic carbocycles. The maximum absolute atomic E-state index is 11.4. The summed E-state index contributed by atoms with van der Waals surface area (Å²) in [5.41, 5.74) is 9.99. The molecule has 25 heavy (non-hydrogen) atoms. The van der Waals surface area contributed by atoms with Gasteiger partial charge in [-0.2, -0.15) is 5.10 Å². The fourth-order valence-corrected chi connectivity index (χ4v) is 2.86. The lowest BCUT2D eigenvalue weighted by atomic mass is 10.0. The van der Waals surface area contributed by atoms with Gasteiger partial charge in [0.2, 0.25) is 0 Å². The van der Waals surface area contributed by atoms with Crippen LogP contribution in [0.1, 0.15) is 21.7 Å². The quantitative estimate of drug-likeness (QED) is 0.572. The molecule has 0 saturated heterocycles. The molecule has 0 radical (unpaired) electrons. The van der Waals surface area contributed by atoms with Crippen molar-refractivity contribution < 1.29 is 9.90 Å². The maximum Gasteiger partial charge on any atom is 0.337 e. The first-order chi connectivity index (χ1) is 12.0. The van der Waals surface area contributed by atoms with Crippen molar-refractivity contribution in [1.29, 1.82) is 0 Å². The van der Waals surface area contributed by atoms with Gasteiger partial charge in [0.05, 0.1) is 17.3 Å². The monoisotopic (exact) mass is 336 g/mol. The number of carboxylic acids is 1. The SMILES string of the molecule is Cn1cc(C2=CNC(N)C(c3nc4c(C(=O)O)cccc4[nH]3)=C2)cn1. The molecule has 1 unspecified atom stereocenters. The normalized spacial score (nSPS) is 17.1. The summed E-state index contributed by atoms with van der Waals surface area (Å²) >= 11 is 0. The van der Waals surface area contributed by atoms with E-state index in [4.69, 9.17) is 5.73 Å². The van der Waals surface area contributed by atoms with Crippen LogP contribution in [-0.4, -0.2) is 37.0 Å². The number of aromatic nitrogens is 4. The number of imidazole rings is 1. The van der Waals surface area contributed by atoms with Gasteiger partial charge in [0.1, 0.15) is 17.5 Å². The van der Waals surface area contributed by atoms with Crippen molar-refractivity contribution in [3.63, 3.8) is 0 Å². The predicted molar refractivity (Wildman–Crippen MR) is 93.3 cm³/mol. The number of benzene rings is 1. The van der Waals surface area contributed by atoms with Gasteiger partial charge in [-0.25, -0.2) is 9.78 Å². The van der Waals surface area contributed by atoms with E-state index in [1.54, 1.807) is 23.0 Å². The largest absolute Gasteiger partial charge is 0.478 e. The van der Waals surface area contributed by atoms with Crippen molar-refractivity contribution in [1.82, 2.24) is 25.1 Å². The van der Waals surface area contributed by atoms with E-state index in [1.807, 2.05) is 25.5 Å². The Balaban J connectivity index is 1.81. The Morgan fingerprint density at radius 1 is 1.40 bits per heavy atom. The van der Waals surface area contributed by atoms with Crippen LogP contribution in [0.2, 0.25) is 0 Å². The molecule has 2 aromatic heterocycles. The van der Waals surface area contributed by atoms with Crippen molar-refractivity contribution in [2.75, 3.05) is 0 Å². The Labute approximate surface area is 142 Å². The molecule has 0 saturated carbocycles. The van der Waals surface area contributed by atoms with E-state index in [2.05, 4.69) is 20.4 Å². The lowest BCUT2D eigenvalue weighted by molar-refractivity contribution is 0.0699. The summed E-state index contributed by atoms with van der Waals surface area (Å²) in [4.78, 5) is 19.0.